The molecule has 1 N–H and O–H groups in total. The quantitative estimate of drug-likeness (QED) is 0.906. The average molecular weight is 278 g/mol. The summed E-state index contributed by atoms with van der Waals surface area (Å²) in [6.45, 7) is 8.03. The summed E-state index contributed by atoms with van der Waals surface area (Å²) >= 11 is 6.18. The second kappa shape index (κ2) is 6.22. The fourth-order valence-electron chi connectivity index (χ4n) is 2.38. The predicted octanol–water partition coefficient (Wildman–Crippen LogP) is 3.56. The number of nitrogens with one attached hydrogen (secondary N) is 1. The van der Waals surface area contributed by atoms with E-state index in [4.69, 9.17) is 11.6 Å². The van der Waals surface area contributed by atoms with Crippen molar-refractivity contribution in [3.8, 4) is 0 Å². The van der Waals surface area contributed by atoms with Gasteiger partial charge in [-0.3, -0.25) is 4.68 Å². The molecular weight excluding hydrogens is 258 g/mol. The van der Waals surface area contributed by atoms with Gasteiger partial charge in [-0.2, -0.15) is 5.10 Å². The number of aryl methyl sites for hydroxylation is 2. The molecule has 0 aliphatic carbocycles. The van der Waals surface area contributed by atoms with Crippen molar-refractivity contribution in [2.45, 2.75) is 33.4 Å². The highest BCUT2D eigenvalue weighted by atomic mass is 35.5. The number of halogens is 1. The van der Waals surface area contributed by atoms with Crippen LogP contribution >= 0.6 is 11.6 Å². The van der Waals surface area contributed by atoms with E-state index in [-0.39, 0.29) is 6.04 Å². The smallest absolute Gasteiger partial charge is 0.0748 e. The second-order valence-corrected chi connectivity index (χ2v) is 5.06. The lowest BCUT2D eigenvalue weighted by Crippen LogP contribution is -2.24. The van der Waals surface area contributed by atoms with Crippen molar-refractivity contribution in [3.63, 3.8) is 0 Å². The molecule has 3 nitrogen and oxygen atoms in total. The fraction of sp³-hybridized carbons (Fsp3) is 0.400. The Morgan fingerprint density at radius 1 is 1.32 bits per heavy atom. The van der Waals surface area contributed by atoms with Gasteiger partial charge in [0.2, 0.25) is 0 Å². The van der Waals surface area contributed by atoms with Crippen molar-refractivity contribution < 1.29 is 0 Å². The summed E-state index contributed by atoms with van der Waals surface area (Å²) in [4.78, 5) is 0. The Morgan fingerprint density at radius 3 is 2.74 bits per heavy atom. The third-order valence-corrected chi connectivity index (χ3v) is 3.37. The highest BCUT2D eigenvalue weighted by Crippen LogP contribution is 2.25. The Labute approximate surface area is 119 Å². The normalized spacial score (nSPS) is 12.6. The van der Waals surface area contributed by atoms with Gasteiger partial charge in [-0.15, -0.1) is 0 Å². The third kappa shape index (κ3) is 3.17. The standard InChI is InChI=1S/C15H20ClN3/c1-4-17-15(14-6-7-18-19(14)5-2)12-8-11(3)9-13(16)10-12/h6-10,15,17H,4-5H2,1-3H3. The van der Waals surface area contributed by atoms with Crippen LogP contribution in [0.4, 0.5) is 0 Å². The van der Waals surface area contributed by atoms with Crippen molar-refractivity contribution in [1.29, 1.82) is 0 Å². The summed E-state index contributed by atoms with van der Waals surface area (Å²) in [5, 5.41) is 8.64. The number of hydrogen-bond acceptors (Lipinski definition) is 2. The molecule has 1 unspecified atom stereocenters. The summed E-state index contributed by atoms with van der Waals surface area (Å²) in [5.41, 5.74) is 3.53. The molecule has 0 saturated heterocycles. The Morgan fingerprint density at radius 2 is 2.11 bits per heavy atom. The molecule has 0 aliphatic heterocycles. The summed E-state index contributed by atoms with van der Waals surface area (Å²) in [7, 11) is 0. The van der Waals surface area contributed by atoms with Crippen molar-refractivity contribution in [3.05, 3.63) is 52.3 Å². The van der Waals surface area contributed by atoms with Crippen LogP contribution in [0.5, 0.6) is 0 Å². The van der Waals surface area contributed by atoms with Gasteiger partial charge in [0.25, 0.3) is 0 Å². The van der Waals surface area contributed by atoms with E-state index in [1.807, 2.05) is 23.0 Å². The van der Waals surface area contributed by atoms with Crippen molar-refractivity contribution in [2.75, 3.05) is 6.54 Å². The van der Waals surface area contributed by atoms with Gasteiger partial charge in [0.1, 0.15) is 0 Å². The van der Waals surface area contributed by atoms with Crippen LogP contribution < -0.4 is 5.32 Å². The average Bonchev–Trinajstić information content (AvgIpc) is 2.82. The molecule has 1 aromatic carbocycles. The minimum atomic E-state index is 0.129. The van der Waals surface area contributed by atoms with E-state index in [9.17, 15) is 0 Å². The lowest BCUT2D eigenvalue weighted by atomic mass is 10.0. The van der Waals surface area contributed by atoms with Crippen molar-refractivity contribution in [1.82, 2.24) is 15.1 Å². The lowest BCUT2D eigenvalue weighted by molar-refractivity contribution is 0.542. The zero-order valence-electron chi connectivity index (χ0n) is 11.7. The molecule has 0 fully saturated rings. The monoisotopic (exact) mass is 277 g/mol. The van der Waals surface area contributed by atoms with Gasteiger partial charge in [0, 0.05) is 17.8 Å². The first-order valence-corrected chi connectivity index (χ1v) is 7.05. The largest absolute Gasteiger partial charge is 0.305 e. The second-order valence-electron chi connectivity index (χ2n) is 4.62. The van der Waals surface area contributed by atoms with Crippen LogP contribution in [-0.2, 0) is 6.54 Å². The molecule has 2 aromatic rings. The zero-order chi connectivity index (χ0) is 13.8. The van der Waals surface area contributed by atoms with Crippen LogP contribution in [-0.4, -0.2) is 16.3 Å². The van der Waals surface area contributed by atoms with Gasteiger partial charge >= 0.3 is 0 Å². The minimum absolute atomic E-state index is 0.129. The Hall–Kier alpha value is -1.32. The maximum atomic E-state index is 6.18. The Balaban J connectivity index is 2.45. The SMILES string of the molecule is CCNC(c1cc(C)cc(Cl)c1)c1ccnn1CC. The van der Waals surface area contributed by atoms with Gasteiger partial charge < -0.3 is 5.32 Å². The molecule has 19 heavy (non-hydrogen) atoms. The van der Waals surface area contributed by atoms with Crippen LogP contribution in [0.1, 0.15) is 36.7 Å². The Bertz CT molecular complexity index is 528. The highest BCUT2D eigenvalue weighted by Gasteiger charge is 2.17. The van der Waals surface area contributed by atoms with Gasteiger partial charge in [-0.05, 0) is 49.7 Å². The number of benzene rings is 1. The van der Waals surface area contributed by atoms with E-state index in [1.54, 1.807) is 0 Å². The molecule has 0 bridgehead atoms. The minimum Gasteiger partial charge on any atom is -0.305 e. The highest BCUT2D eigenvalue weighted by molar-refractivity contribution is 6.30. The van der Waals surface area contributed by atoms with Crippen molar-refractivity contribution in [2.24, 2.45) is 0 Å². The van der Waals surface area contributed by atoms with E-state index in [2.05, 4.69) is 43.3 Å². The molecule has 0 spiro atoms. The molecule has 0 aliphatic rings. The molecule has 4 heteroatoms. The van der Waals surface area contributed by atoms with Gasteiger partial charge in [-0.25, -0.2) is 0 Å². The van der Waals surface area contributed by atoms with Gasteiger partial charge in [0.15, 0.2) is 0 Å². The Kier molecular flexibility index (Phi) is 4.61. The molecule has 102 valence electrons. The molecule has 0 radical (unpaired) electrons. The summed E-state index contributed by atoms with van der Waals surface area (Å²) in [5.74, 6) is 0. The van der Waals surface area contributed by atoms with E-state index in [0.29, 0.717) is 0 Å². The summed E-state index contributed by atoms with van der Waals surface area (Å²) in [6.07, 6.45) is 1.85. The van der Waals surface area contributed by atoms with Crippen molar-refractivity contribution >= 4 is 11.6 Å². The summed E-state index contributed by atoms with van der Waals surface area (Å²) < 4.78 is 2.02. The van der Waals surface area contributed by atoms with Gasteiger partial charge in [-0.1, -0.05) is 24.6 Å². The molecule has 2 rings (SSSR count). The predicted molar refractivity (Wildman–Crippen MR) is 79.6 cm³/mol. The maximum Gasteiger partial charge on any atom is 0.0748 e. The van der Waals surface area contributed by atoms with E-state index < -0.39 is 0 Å². The number of nitrogens with zero attached hydrogens (tertiary/aromatic N) is 2. The molecule has 1 heterocycles. The molecule has 1 atom stereocenters. The molecule has 0 amide bonds. The molecule has 1 aromatic heterocycles. The fourth-order valence-corrected chi connectivity index (χ4v) is 2.68. The van der Waals surface area contributed by atoms with Crippen LogP contribution in [0.15, 0.2) is 30.5 Å². The zero-order valence-corrected chi connectivity index (χ0v) is 12.4. The maximum absolute atomic E-state index is 6.18. The molecule has 0 saturated carbocycles. The first-order chi connectivity index (χ1) is 9.15. The summed E-state index contributed by atoms with van der Waals surface area (Å²) in [6, 6.07) is 8.36. The van der Waals surface area contributed by atoms with Crippen LogP contribution in [0.3, 0.4) is 0 Å². The lowest BCUT2D eigenvalue weighted by Gasteiger charge is -2.20. The first kappa shape index (κ1) is 14.1. The van der Waals surface area contributed by atoms with E-state index in [0.717, 1.165) is 18.1 Å². The van der Waals surface area contributed by atoms with Crippen LogP contribution in [0, 0.1) is 6.92 Å². The number of hydrogen-bond donors (Lipinski definition) is 1. The van der Waals surface area contributed by atoms with Crippen LogP contribution in [0.2, 0.25) is 5.02 Å². The third-order valence-electron chi connectivity index (χ3n) is 3.15. The van der Waals surface area contributed by atoms with E-state index in [1.165, 1.54) is 16.8 Å². The molecular formula is C15H20ClN3. The topological polar surface area (TPSA) is 29.9 Å². The van der Waals surface area contributed by atoms with Crippen LogP contribution in [0.25, 0.3) is 0 Å². The van der Waals surface area contributed by atoms with Gasteiger partial charge in [0.05, 0.1) is 11.7 Å². The number of rotatable bonds is 5. The van der Waals surface area contributed by atoms with E-state index >= 15 is 0 Å². The number of aromatic nitrogens is 2. The first-order valence-electron chi connectivity index (χ1n) is 6.67.